The van der Waals surface area contributed by atoms with Gasteiger partial charge in [0.15, 0.2) is 0 Å². The molecule has 1 aliphatic carbocycles. The summed E-state index contributed by atoms with van der Waals surface area (Å²) in [6.07, 6.45) is 3.78. The number of likely N-dealkylation sites (N-methyl/N-ethyl adjacent to an activating group) is 1. The molecular weight excluding hydrogens is 166 g/mol. The molecule has 0 heterocycles. The van der Waals surface area contributed by atoms with Crippen molar-refractivity contribution in [1.29, 1.82) is 0 Å². The molecule has 1 unspecified atom stereocenters. The second kappa shape index (κ2) is 5.58. The third-order valence-corrected chi connectivity index (χ3v) is 2.68. The van der Waals surface area contributed by atoms with E-state index in [-0.39, 0.29) is 6.10 Å². The Kier molecular flexibility index (Phi) is 4.70. The van der Waals surface area contributed by atoms with Crippen LogP contribution in [0.25, 0.3) is 0 Å². The molecule has 3 heteroatoms. The quantitative estimate of drug-likeness (QED) is 0.665. The van der Waals surface area contributed by atoms with Crippen LogP contribution in [0.2, 0.25) is 0 Å². The van der Waals surface area contributed by atoms with Crippen molar-refractivity contribution in [3.05, 3.63) is 0 Å². The van der Waals surface area contributed by atoms with Crippen LogP contribution in [0.5, 0.6) is 0 Å². The van der Waals surface area contributed by atoms with E-state index in [2.05, 4.69) is 11.9 Å². The van der Waals surface area contributed by atoms with Gasteiger partial charge in [-0.05, 0) is 25.8 Å². The van der Waals surface area contributed by atoms with E-state index in [0.717, 1.165) is 19.0 Å². The molecule has 3 nitrogen and oxygen atoms in total. The number of nitrogens with zero attached hydrogens (tertiary/aromatic N) is 1. The largest absolute Gasteiger partial charge is 0.389 e. The Balaban J connectivity index is 2.04. The zero-order valence-electron chi connectivity index (χ0n) is 8.70. The van der Waals surface area contributed by atoms with Crippen molar-refractivity contribution in [2.75, 3.05) is 33.9 Å². The first kappa shape index (κ1) is 11.0. The second-order valence-electron chi connectivity index (χ2n) is 4.13. The van der Waals surface area contributed by atoms with Crippen LogP contribution in [0.15, 0.2) is 0 Å². The van der Waals surface area contributed by atoms with Crippen molar-refractivity contribution in [1.82, 2.24) is 4.90 Å². The fourth-order valence-corrected chi connectivity index (χ4v) is 1.80. The highest BCUT2D eigenvalue weighted by atomic mass is 16.5. The van der Waals surface area contributed by atoms with Gasteiger partial charge in [-0.15, -0.1) is 0 Å². The molecule has 0 spiro atoms. The Morgan fingerprint density at radius 2 is 2.23 bits per heavy atom. The summed E-state index contributed by atoms with van der Waals surface area (Å²) < 4.78 is 4.87. The van der Waals surface area contributed by atoms with Gasteiger partial charge in [-0.1, -0.05) is 6.42 Å². The highest BCUT2D eigenvalue weighted by molar-refractivity contribution is 4.73. The minimum Gasteiger partial charge on any atom is -0.389 e. The van der Waals surface area contributed by atoms with Crippen molar-refractivity contribution >= 4 is 0 Å². The Morgan fingerprint density at radius 3 is 2.69 bits per heavy atom. The lowest BCUT2D eigenvalue weighted by Crippen LogP contribution is -2.36. The summed E-state index contributed by atoms with van der Waals surface area (Å²) in [4.78, 5) is 2.20. The minimum atomic E-state index is -0.338. The molecule has 0 aliphatic heterocycles. The van der Waals surface area contributed by atoms with Crippen LogP contribution < -0.4 is 0 Å². The van der Waals surface area contributed by atoms with Gasteiger partial charge in [-0.25, -0.2) is 0 Å². The summed E-state index contributed by atoms with van der Waals surface area (Å²) in [5.74, 6) is 0.875. The Labute approximate surface area is 80.7 Å². The van der Waals surface area contributed by atoms with Crippen molar-refractivity contribution in [2.45, 2.75) is 25.4 Å². The maximum Gasteiger partial charge on any atom is 0.0899 e. The van der Waals surface area contributed by atoms with Crippen LogP contribution in [0.1, 0.15) is 19.3 Å². The fourth-order valence-electron chi connectivity index (χ4n) is 1.80. The normalized spacial score (nSPS) is 20.3. The Hall–Kier alpha value is -0.120. The van der Waals surface area contributed by atoms with Gasteiger partial charge in [0.05, 0.1) is 12.7 Å². The highest BCUT2D eigenvalue weighted by Crippen LogP contribution is 2.26. The molecule has 78 valence electrons. The van der Waals surface area contributed by atoms with Gasteiger partial charge >= 0.3 is 0 Å². The average molecular weight is 187 g/mol. The molecule has 0 aromatic heterocycles. The number of hydrogen-bond acceptors (Lipinski definition) is 3. The minimum absolute atomic E-state index is 0.338. The van der Waals surface area contributed by atoms with E-state index < -0.39 is 0 Å². The average Bonchev–Trinajstić information content (AvgIpc) is 1.97. The molecule has 1 fully saturated rings. The third kappa shape index (κ3) is 4.07. The smallest absolute Gasteiger partial charge is 0.0899 e. The number of hydrogen-bond donors (Lipinski definition) is 1. The van der Waals surface area contributed by atoms with E-state index in [1.807, 2.05) is 0 Å². The topological polar surface area (TPSA) is 32.7 Å². The van der Waals surface area contributed by atoms with Gasteiger partial charge < -0.3 is 14.7 Å². The molecule has 0 bridgehead atoms. The molecule has 1 N–H and O–H groups in total. The molecule has 0 saturated heterocycles. The van der Waals surface area contributed by atoms with Crippen molar-refractivity contribution in [3.63, 3.8) is 0 Å². The Bertz CT molecular complexity index is 137. The van der Waals surface area contributed by atoms with E-state index in [1.54, 1.807) is 7.11 Å². The summed E-state index contributed by atoms with van der Waals surface area (Å²) >= 11 is 0. The van der Waals surface area contributed by atoms with Gasteiger partial charge in [-0.2, -0.15) is 0 Å². The molecule has 0 amide bonds. The molecule has 13 heavy (non-hydrogen) atoms. The van der Waals surface area contributed by atoms with E-state index in [9.17, 15) is 5.11 Å². The van der Waals surface area contributed by atoms with E-state index in [1.165, 1.54) is 19.3 Å². The molecule has 0 radical (unpaired) electrons. The number of methoxy groups -OCH3 is 1. The first-order valence-electron chi connectivity index (χ1n) is 5.08. The molecule has 0 aromatic rings. The summed E-state index contributed by atoms with van der Waals surface area (Å²) in [5, 5.41) is 9.46. The maximum atomic E-state index is 9.46. The lowest BCUT2D eigenvalue weighted by atomic mass is 9.85. The summed E-state index contributed by atoms with van der Waals surface area (Å²) in [6, 6.07) is 0. The molecule has 1 rings (SSSR count). The van der Waals surface area contributed by atoms with Crippen LogP contribution >= 0.6 is 0 Å². The van der Waals surface area contributed by atoms with E-state index in [0.29, 0.717) is 6.61 Å². The van der Waals surface area contributed by atoms with Crippen LogP contribution in [0.4, 0.5) is 0 Å². The molecule has 1 atom stereocenters. The number of aliphatic hydroxyl groups is 1. The predicted octanol–water partition coefficient (Wildman–Crippen LogP) is 0.726. The lowest BCUT2D eigenvalue weighted by Gasteiger charge is -2.30. The maximum absolute atomic E-state index is 9.46. The van der Waals surface area contributed by atoms with E-state index >= 15 is 0 Å². The molecule has 1 aliphatic rings. The van der Waals surface area contributed by atoms with Crippen LogP contribution in [0, 0.1) is 5.92 Å². The van der Waals surface area contributed by atoms with Crippen LogP contribution in [0.3, 0.4) is 0 Å². The van der Waals surface area contributed by atoms with Crippen LogP contribution in [-0.4, -0.2) is 50.0 Å². The predicted molar refractivity (Wildman–Crippen MR) is 52.7 cm³/mol. The summed E-state index contributed by atoms with van der Waals surface area (Å²) in [6.45, 7) is 2.29. The van der Waals surface area contributed by atoms with Gasteiger partial charge in [0.1, 0.15) is 0 Å². The first-order chi connectivity index (χ1) is 6.22. The summed E-state index contributed by atoms with van der Waals surface area (Å²) in [5.41, 5.74) is 0. The summed E-state index contributed by atoms with van der Waals surface area (Å²) in [7, 11) is 3.69. The monoisotopic (exact) mass is 187 g/mol. The fraction of sp³-hybridized carbons (Fsp3) is 1.00. The second-order valence-corrected chi connectivity index (χ2v) is 4.13. The number of aliphatic hydroxyl groups excluding tert-OH is 1. The first-order valence-corrected chi connectivity index (χ1v) is 5.08. The molecule has 1 saturated carbocycles. The van der Waals surface area contributed by atoms with Crippen molar-refractivity contribution in [2.24, 2.45) is 5.92 Å². The standard InChI is InChI=1S/C10H21NO2/c1-11(6-9-4-3-5-9)7-10(12)8-13-2/h9-10,12H,3-8H2,1-2H3. The van der Waals surface area contributed by atoms with Crippen molar-refractivity contribution in [3.8, 4) is 0 Å². The van der Waals surface area contributed by atoms with Gasteiger partial charge in [-0.3, -0.25) is 0 Å². The van der Waals surface area contributed by atoms with Gasteiger partial charge in [0.2, 0.25) is 0 Å². The van der Waals surface area contributed by atoms with Crippen LogP contribution in [-0.2, 0) is 4.74 Å². The van der Waals surface area contributed by atoms with Gasteiger partial charge in [0, 0.05) is 20.2 Å². The lowest BCUT2D eigenvalue weighted by molar-refractivity contribution is 0.0373. The number of rotatable bonds is 6. The molecular formula is C10H21NO2. The highest BCUT2D eigenvalue weighted by Gasteiger charge is 2.19. The Morgan fingerprint density at radius 1 is 1.54 bits per heavy atom. The third-order valence-electron chi connectivity index (χ3n) is 2.68. The molecule has 0 aromatic carbocycles. The number of ether oxygens (including phenoxy) is 1. The van der Waals surface area contributed by atoms with Crippen molar-refractivity contribution < 1.29 is 9.84 Å². The zero-order chi connectivity index (χ0) is 9.68. The zero-order valence-corrected chi connectivity index (χ0v) is 8.70. The SMILES string of the molecule is COCC(O)CN(C)CC1CCC1. The van der Waals surface area contributed by atoms with Gasteiger partial charge in [0.25, 0.3) is 0 Å². The van der Waals surface area contributed by atoms with E-state index in [4.69, 9.17) is 4.74 Å².